The van der Waals surface area contributed by atoms with Crippen molar-refractivity contribution in [2.75, 3.05) is 6.54 Å². The van der Waals surface area contributed by atoms with Gasteiger partial charge in [-0.25, -0.2) is 9.18 Å². The molecular formula is C11H9FN2O4. The van der Waals surface area contributed by atoms with Crippen LogP contribution in [-0.4, -0.2) is 27.5 Å². The fourth-order valence-corrected chi connectivity index (χ4v) is 1.88. The molecule has 7 heteroatoms. The topological polar surface area (TPSA) is 96.2 Å². The van der Waals surface area contributed by atoms with Crippen LogP contribution in [0.3, 0.4) is 0 Å². The first-order valence-corrected chi connectivity index (χ1v) is 5.13. The van der Waals surface area contributed by atoms with Crippen molar-refractivity contribution in [1.29, 1.82) is 0 Å². The van der Waals surface area contributed by atoms with Crippen LogP contribution < -0.4 is 0 Å². The molecule has 1 heterocycles. The number of nitro groups is 1. The maximum atomic E-state index is 13.2. The lowest BCUT2D eigenvalue weighted by Crippen LogP contribution is -2.05. The molecule has 18 heavy (non-hydrogen) atoms. The van der Waals surface area contributed by atoms with Gasteiger partial charge >= 0.3 is 5.97 Å². The minimum atomic E-state index is -1.26. The average molecular weight is 252 g/mol. The van der Waals surface area contributed by atoms with Crippen LogP contribution in [0.2, 0.25) is 0 Å². The summed E-state index contributed by atoms with van der Waals surface area (Å²) in [4.78, 5) is 23.6. The molecule has 0 atom stereocenters. The van der Waals surface area contributed by atoms with Crippen LogP contribution in [0.1, 0.15) is 15.9 Å². The molecule has 2 N–H and O–H groups in total. The Labute approximate surface area is 100 Å². The van der Waals surface area contributed by atoms with E-state index in [1.165, 1.54) is 6.20 Å². The van der Waals surface area contributed by atoms with Crippen molar-refractivity contribution >= 4 is 16.9 Å². The highest BCUT2D eigenvalue weighted by molar-refractivity contribution is 6.04. The number of nitrogens with zero attached hydrogens (tertiary/aromatic N) is 1. The zero-order chi connectivity index (χ0) is 13.3. The van der Waals surface area contributed by atoms with Gasteiger partial charge in [0.1, 0.15) is 5.82 Å². The van der Waals surface area contributed by atoms with Gasteiger partial charge in [-0.05, 0) is 17.7 Å². The van der Waals surface area contributed by atoms with Crippen molar-refractivity contribution in [2.45, 2.75) is 6.42 Å². The molecule has 0 saturated carbocycles. The van der Waals surface area contributed by atoms with Crippen LogP contribution in [-0.2, 0) is 6.42 Å². The Kier molecular flexibility index (Phi) is 2.97. The summed E-state index contributed by atoms with van der Waals surface area (Å²) in [7, 11) is 0. The number of hydrogen-bond donors (Lipinski definition) is 2. The summed E-state index contributed by atoms with van der Waals surface area (Å²) in [6, 6.07) is 2.07. The van der Waals surface area contributed by atoms with E-state index in [9.17, 15) is 19.3 Å². The second kappa shape index (κ2) is 4.44. The SMILES string of the molecule is O=C(O)c1cc(F)cc2[nH]cc(CC[N+](=O)[O-])c12. The number of aromatic amines is 1. The predicted molar refractivity (Wildman–Crippen MR) is 60.8 cm³/mol. The molecule has 1 aromatic heterocycles. The summed E-state index contributed by atoms with van der Waals surface area (Å²) in [5.74, 6) is -1.93. The summed E-state index contributed by atoms with van der Waals surface area (Å²) >= 11 is 0. The predicted octanol–water partition coefficient (Wildman–Crippen LogP) is 1.82. The third-order valence-electron chi connectivity index (χ3n) is 2.62. The number of halogens is 1. The summed E-state index contributed by atoms with van der Waals surface area (Å²) in [6.07, 6.45) is 1.57. The van der Waals surface area contributed by atoms with Crippen LogP contribution in [0.5, 0.6) is 0 Å². The first-order chi connectivity index (χ1) is 8.49. The van der Waals surface area contributed by atoms with E-state index >= 15 is 0 Å². The molecule has 0 fully saturated rings. The highest BCUT2D eigenvalue weighted by atomic mass is 19.1. The number of fused-ring (bicyclic) bond motifs is 1. The minimum Gasteiger partial charge on any atom is -0.478 e. The number of carboxylic acid groups (broad SMARTS) is 1. The van der Waals surface area contributed by atoms with Gasteiger partial charge in [0.15, 0.2) is 0 Å². The molecule has 0 saturated heterocycles. The lowest BCUT2D eigenvalue weighted by atomic mass is 10.0. The number of aromatic carboxylic acids is 1. The molecule has 94 valence electrons. The molecule has 0 bridgehead atoms. The average Bonchev–Trinajstić information content (AvgIpc) is 2.67. The van der Waals surface area contributed by atoms with E-state index in [0.717, 1.165) is 12.1 Å². The monoisotopic (exact) mass is 252 g/mol. The van der Waals surface area contributed by atoms with Gasteiger partial charge in [0.2, 0.25) is 6.54 Å². The first-order valence-electron chi connectivity index (χ1n) is 5.13. The molecule has 0 amide bonds. The molecule has 0 spiro atoms. The summed E-state index contributed by atoms with van der Waals surface area (Å²) in [5.41, 5.74) is 0.634. The third-order valence-corrected chi connectivity index (χ3v) is 2.62. The lowest BCUT2D eigenvalue weighted by molar-refractivity contribution is -0.479. The van der Waals surface area contributed by atoms with Gasteiger partial charge in [0.25, 0.3) is 0 Å². The zero-order valence-corrected chi connectivity index (χ0v) is 9.14. The Morgan fingerprint density at radius 1 is 1.50 bits per heavy atom. The van der Waals surface area contributed by atoms with E-state index in [0.29, 0.717) is 16.5 Å². The molecule has 0 aliphatic heterocycles. The van der Waals surface area contributed by atoms with Crippen LogP contribution in [0.4, 0.5) is 4.39 Å². The first kappa shape index (κ1) is 12.0. The largest absolute Gasteiger partial charge is 0.478 e. The number of carbonyl (C=O) groups is 1. The smallest absolute Gasteiger partial charge is 0.336 e. The molecule has 0 aliphatic carbocycles. The molecular weight excluding hydrogens is 243 g/mol. The Morgan fingerprint density at radius 2 is 2.22 bits per heavy atom. The van der Waals surface area contributed by atoms with Crippen molar-refractivity contribution in [3.8, 4) is 0 Å². The number of rotatable bonds is 4. The quantitative estimate of drug-likeness (QED) is 0.640. The summed E-state index contributed by atoms with van der Waals surface area (Å²) in [5, 5.41) is 19.7. The van der Waals surface area contributed by atoms with Gasteiger partial charge in [0.05, 0.1) is 5.56 Å². The molecule has 0 unspecified atom stereocenters. The van der Waals surface area contributed by atoms with Crippen LogP contribution in [0.15, 0.2) is 18.3 Å². The van der Waals surface area contributed by atoms with Crippen molar-refractivity contribution in [3.05, 3.63) is 45.4 Å². The van der Waals surface area contributed by atoms with E-state index in [-0.39, 0.29) is 18.5 Å². The second-order valence-electron chi connectivity index (χ2n) is 3.80. The van der Waals surface area contributed by atoms with Crippen LogP contribution in [0, 0.1) is 15.9 Å². The van der Waals surface area contributed by atoms with Crippen molar-refractivity contribution < 1.29 is 19.2 Å². The second-order valence-corrected chi connectivity index (χ2v) is 3.80. The molecule has 2 aromatic rings. The standard InChI is InChI=1S/C11H9FN2O4/c12-7-3-8(11(15)16)10-6(1-2-14(17)18)5-13-9(10)4-7/h3-5,13H,1-2H2,(H,15,16). The molecule has 2 rings (SSSR count). The molecule has 6 nitrogen and oxygen atoms in total. The van der Waals surface area contributed by atoms with E-state index in [2.05, 4.69) is 4.98 Å². The van der Waals surface area contributed by atoms with Gasteiger partial charge < -0.3 is 10.1 Å². The third kappa shape index (κ3) is 2.15. The fraction of sp³-hybridized carbons (Fsp3) is 0.182. The van der Waals surface area contributed by atoms with E-state index in [1.807, 2.05) is 0 Å². The number of hydrogen-bond acceptors (Lipinski definition) is 3. The summed E-state index contributed by atoms with van der Waals surface area (Å²) in [6.45, 7) is -0.302. The van der Waals surface area contributed by atoms with E-state index in [1.54, 1.807) is 0 Å². The summed E-state index contributed by atoms with van der Waals surface area (Å²) < 4.78 is 13.2. The fourth-order valence-electron chi connectivity index (χ4n) is 1.88. The number of nitrogens with one attached hydrogen (secondary N) is 1. The van der Waals surface area contributed by atoms with Crippen LogP contribution in [0.25, 0.3) is 10.9 Å². The number of benzene rings is 1. The maximum Gasteiger partial charge on any atom is 0.336 e. The van der Waals surface area contributed by atoms with Gasteiger partial charge in [-0.1, -0.05) is 0 Å². The molecule has 1 aromatic carbocycles. The Bertz CT molecular complexity index is 635. The Balaban J connectivity index is 2.55. The van der Waals surface area contributed by atoms with Gasteiger partial charge in [-0.3, -0.25) is 10.1 Å². The number of carboxylic acids is 1. The van der Waals surface area contributed by atoms with Gasteiger partial charge in [-0.15, -0.1) is 0 Å². The van der Waals surface area contributed by atoms with Crippen LogP contribution >= 0.6 is 0 Å². The number of aromatic nitrogens is 1. The Hall–Kier alpha value is -2.44. The normalized spacial score (nSPS) is 10.7. The minimum absolute atomic E-state index is 0.0961. The van der Waals surface area contributed by atoms with Crippen molar-refractivity contribution in [2.24, 2.45) is 0 Å². The Morgan fingerprint density at radius 3 is 2.83 bits per heavy atom. The number of H-pyrrole nitrogens is 1. The highest BCUT2D eigenvalue weighted by Crippen LogP contribution is 2.24. The maximum absolute atomic E-state index is 13.2. The highest BCUT2D eigenvalue weighted by Gasteiger charge is 2.16. The lowest BCUT2D eigenvalue weighted by Gasteiger charge is -2.01. The van der Waals surface area contributed by atoms with Gasteiger partial charge in [-0.2, -0.15) is 0 Å². The van der Waals surface area contributed by atoms with Gasteiger partial charge in [0, 0.05) is 28.4 Å². The van der Waals surface area contributed by atoms with Crippen molar-refractivity contribution in [1.82, 2.24) is 4.98 Å². The zero-order valence-electron chi connectivity index (χ0n) is 9.14. The van der Waals surface area contributed by atoms with E-state index in [4.69, 9.17) is 5.11 Å². The molecule has 0 aliphatic rings. The van der Waals surface area contributed by atoms with Crippen molar-refractivity contribution in [3.63, 3.8) is 0 Å². The van der Waals surface area contributed by atoms with E-state index < -0.39 is 16.7 Å². The molecule has 0 radical (unpaired) electrons.